The lowest BCUT2D eigenvalue weighted by Gasteiger charge is -2.35. The summed E-state index contributed by atoms with van der Waals surface area (Å²) in [5, 5.41) is 9.40. The van der Waals surface area contributed by atoms with Crippen LogP contribution in [0.4, 0.5) is 4.39 Å². The van der Waals surface area contributed by atoms with Gasteiger partial charge in [0.1, 0.15) is 11.6 Å². The third-order valence-electron chi connectivity index (χ3n) is 3.44. The highest BCUT2D eigenvalue weighted by Gasteiger charge is 2.17. The van der Waals surface area contributed by atoms with E-state index in [1.165, 1.54) is 6.07 Å². The molecule has 1 heterocycles. The zero-order valence-corrected chi connectivity index (χ0v) is 11.8. The third kappa shape index (κ3) is 4.48. The summed E-state index contributed by atoms with van der Waals surface area (Å²) in [7, 11) is 0. The van der Waals surface area contributed by atoms with E-state index in [-0.39, 0.29) is 11.6 Å². The van der Waals surface area contributed by atoms with E-state index < -0.39 is 0 Å². The Morgan fingerprint density at radius 1 is 1.11 bits per heavy atom. The standard InChI is InChI=1S/C15H23FN2O/c1-12(2)10-17-3-5-18(6-4-17)11-13-7-14(16)9-15(19)8-13/h7-9,12,19H,3-6,10-11H2,1-2H3. The van der Waals surface area contributed by atoms with Gasteiger partial charge in [0.25, 0.3) is 0 Å². The molecule has 0 amide bonds. The summed E-state index contributed by atoms with van der Waals surface area (Å²) in [4.78, 5) is 4.79. The Kier molecular flexibility index (Phi) is 4.77. The Morgan fingerprint density at radius 2 is 1.74 bits per heavy atom. The first-order valence-corrected chi connectivity index (χ1v) is 6.96. The molecule has 1 saturated heterocycles. The highest BCUT2D eigenvalue weighted by atomic mass is 19.1. The molecular weight excluding hydrogens is 243 g/mol. The van der Waals surface area contributed by atoms with Gasteiger partial charge in [-0.15, -0.1) is 0 Å². The van der Waals surface area contributed by atoms with Crippen molar-refractivity contribution in [3.05, 3.63) is 29.6 Å². The molecule has 0 spiro atoms. The topological polar surface area (TPSA) is 26.7 Å². The number of hydrogen-bond donors (Lipinski definition) is 1. The van der Waals surface area contributed by atoms with Gasteiger partial charge < -0.3 is 10.0 Å². The average Bonchev–Trinajstić information content (AvgIpc) is 2.29. The molecule has 0 aromatic heterocycles. The van der Waals surface area contributed by atoms with Crippen LogP contribution in [0.2, 0.25) is 0 Å². The normalized spacial score (nSPS) is 18.1. The predicted octanol–water partition coefficient (Wildman–Crippen LogP) is 2.30. The van der Waals surface area contributed by atoms with Crippen molar-refractivity contribution in [2.75, 3.05) is 32.7 Å². The fourth-order valence-electron chi connectivity index (χ4n) is 2.63. The molecule has 4 heteroatoms. The van der Waals surface area contributed by atoms with Crippen LogP contribution in [0.15, 0.2) is 18.2 Å². The molecule has 0 bridgehead atoms. The van der Waals surface area contributed by atoms with Gasteiger partial charge in [-0.25, -0.2) is 4.39 Å². The smallest absolute Gasteiger partial charge is 0.127 e. The maximum Gasteiger partial charge on any atom is 0.127 e. The molecule has 19 heavy (non-hydrogen) atoms. The van der Waals surface area contributed by atoms with Crippen LogP contribution in [0.3, 0.4) is 0 Å². The largest absolute Gasteiger partial charge is 0.508 e. The summed E-state index contributed by atoms with van der Waals surface area (Å²) in [5.41, 5.74) is 0.842. The van der Waals surface area contributed by atoms with Crippen molar-refractivity contribution >= 4 is 0 Å². The molecule has 1 N–H and O–H groups in total. The number of hydrogen-bond acceptors (Lipinski definition) is 3. The predicted molar refractivity (Wildman–Crippen MR) is 74.6 cm³/mol. The summed E-state index contributed by atoms with van der Waals surface area (Å²) in [6.07, 6.45) is 0. The second kappa shape index (κ2) is 6.35. The number of piperazine rings is 1. The SMILES string of the molecule is CC(C)CN1CCN(Cc2cc(O)cc(F)c2)CC1. The highest BCUT2D eigenvalue weighted by Crippen LogP contribution is 2.17. The molecule has 1 aliphatic rings. The first-order chi connectivity index (χ1) is 9.02. The van der Waals surface area contributed by atoms with Gasteiger partial charge in [0.2, 0.25) is 0 Å². The molecule has 3 nitrogen and oxygen atoms in total. The first-order valence-electron chi connectivity index (χ1n) is 6.96. The maximum atomic E-state index is 13.2. The van der Waals surface area contributed by atoms with E-state index in [1.807, 2.05) is 0 Å². The fraction of sp³-hybridized carbons (Fsp3) is 0.600. The lowest BCUT2D eigenvalue weighted by atomic mass is 10.1. The zero-order valence-electron chi connectivity index (χ0n) is 11.8. The summed E-state index contributed by atoms with van der Waals surface area (Å²) < 4.78 is 13.2. The van der Waals surface area contributed by atoms with E-state index in [4.69, 9.17) is 0 Å². The molecule has 0 atom stereocenters. The molecule has 2 rings (SSSR count). The zero-order chi connectivity index (χ0) is 13.8. The number of phenolic OH excluding ortho intramolecular Hbond substituents is 1. The molecule has 0 saturated carbocycles. The van der Waals surface area contributed by atoms with Gasteiger partial charge in [-0.05, 0) is 23.6 Å². The lowest BCUT2D eigenvalue weighted by molar-refractivity contribution is 0.117. The summed E-state index contributed by atoms with van der Waals surface area (Å²) in [6, 6.07) is 4.29. The summed E-state index contributed by atoms with van der Waals surface area (Å²) in [5.74, 6) is 0.341. The Morgan fingerprint density at radius 3 is 2.32 bits per heavy atom. The maximum absolute atomic E-state index is 13.2. The van der Waals surface area contributed by atoms with Gasteiger partial charge in [0.15, 0.2) is 0 Å². The van der Waals surface area contributed by atoms with Gasteiger partial charge in [0.05, 0.1) is 0 Å². The average molecular weight is 266 g/mol. The van der Waals surface area contributed by atoms with E-state index in [1.54, 1.807) is 6.07 Å². The second-order valence-corrected chi connectivity index (χ2v) is 5.79. The van der Waals surface area contributed by atoms with Gasteiger partial charge in [0, 0.05) is 45.3 Å². The molecule has 1 fully saturated rings. The van der Waals surface area contributed by atoms with Crippen molar-refractivity contribution in [1.29, 1.82) is 0 Å². The van der Waals surface area contributed by atoms with Gasteiger partial charge >= 0.3 is 0 Å². The lowest BCUT2D eigenvalue weighted by Crippen LogP contribution is -2.46. The minimum Gasteiger partial charge on any atom is -0.508 e. The Labute approximate surface area is 114 Å². The van der Waals surface area contributed by atoms with Gasteiger partial charge in [-0.3, -0.25) is 4.90 Å². The molecule has 0 aliphatic carbocycles. The van der Waals surface area contributed by atoms with Crippen LogP contribution >= 0.6 is 0 Å². The van der Waals surface area contributed by atoms with Crippen LogP contribution < -0.4 is 0 Å². The van der Waals surface area contributed by atoms with E-state index in [0.29, 0.717) is 12.5 Å². The number of rotatable bonds is 4. The van der Waals surface area contributed by atoms with E-state index in [0.717, 1.165) is 44.4 Å². The van der Waals surface area contributed by atoms with Crippen LogP contribution in [0, 0.1) is 11.7 Å². The molecule has 106 valence electrons. The Hall–Kier alpha value is -1.13. The van der Waals surface area contributed by atoms with Gasteiger partial charge in [-0.2, -0.15) is 0 Å². The van der Waals surface area contributed by atoms with E-state index in [9.17, 15) is 9.50 Å². The van der Waals surface area contributed by atoms with Crippen LogP contribution in [0.5, 0.6) is 5.75 Å². The number of aromatic hydroxyl groups is 1. The molecule has 0 radical (unpaired) electrons. The number of phenols is 1. The number of benzene rings is 1. The van der Waals surface area contributed by atoms with Crippen molar-refractivity contribution < 1.29 is 9.50 Å². The second-order valence-electron chi connectivity index (χ2n) is 5.79. The van der Waals surface area contributed by atoms with E-state index in [2.05, 4.69) is 23.6 Å². The highest BCUT2D eigenvalue weighted by molar-refractivity contribution is 5.28. The van der Waals surface area contributed by atoms with Crippen molar-refractivity contribution in [1.82, 2.24) is 9.80 Å². The summed E-state index contributed by atoms with van der Waals surface area (Å²) >= 11 is 0. The summed E-state index contributed by atoms with van der Waals surface area (Å²) in [6.45, 7) is 10.5. The first kappa shape index (κ1) is 14.3. The van der Waals surface area contributed by atoms with Crippen LogP contribution in [-0.4, -0.2) is 47.6 Å². The monoisotopic (exact) mass is 266 g/mol. The number of nitrogens with zero attached hydrogens (tertiary/aromatic N) is 2. The third-order valence-corrected chi connectivity index (χ3v) is 3.44. The molecule has 1 aromatic carbocycles. The molecule has 1 aromatic rings. The molecule has 0 unspecified atom stereocenters. The Bertz CT molecular complexity index is 394. The van der Waals surface area contributed by atoms with Crippen molar-refractivity contribution in [3.8, 4) is 5.75 Å². The van der Waals surface area contributed by atoms with Crippen molar-refractivity contribution in [2.45, 2.75) is 20.4 Å². The molecule has 1 aliphatic heterocycles. The van der Waals surface area contributed by atoms with E-state index >= 15 is 0 Å². The minimum atomic E-state index is -0.367. The van der Waals surface area contributed by atoms with Crippen LogP contribution in [0.25, 0.3) is 0 Å². The molecular formula is C15H23FN2O. The van der Waals surface area contributed by atoms with Crippen molar-refractivity contribution in [3.63, 3.8) is 0 Å². The Balaban J connectivity index is 1.85. The van der Waals surface area contributed by atoms with Crippen molar-refractivity contribution in [2.24, 2.45) is 5.92 Å². The fourth-order valence-corrected chi connectivity index (χ4v) is 2.63. The minimum absolute atomic E-state index is 0.00782. The number of halogens is 1. The van der Waals surface area contributed by atoms with Gasteiger partial charge in [-0.1, -0.05) is 13.8 Å². The van der Waals surface area contributed by atoms with Crippen LogP contribution in [0.1, 0.15) is 19.4 Å². The van der Waals surface area contributed by atoms with Crippen LogP contribution in [-0.2, 0) is 6.54 Å². The quantitative estimate of drug-likeness (QED) is 0.906.